The van der Waals surface area contributed by atoms with E-state index in [9.17, 15) is 23.1 Å². The Morgan fingerprint density at radius 2 is 1.82 bits per heavy atom. The van der Waals surface area contributed by atoms with Gasteiger partial charge >= 0.3 is 6.18 Å². The number of hydrogen-bond acceptors (Lipinski definition) is 4. The summed E-state index contributed by atoms with van der Waals surface area (Å²) in [6.07, 6.45) is -0.583. The highest BCUT2D eigenvalue weighted by atomic mass is 19.4. The number of ether oxygens (including phenoxy) is 1. The van der Waals surface area contributed by atoms with Gasteiger partial charge in [0.15, 0.2) is 0 Å². The van der Waals surface area contributed by atoms with E-state index in [1.165, 1.54) is 0 Å². The summed E-state index contributed by atoms with van der Waals surface area (Å²) in [5.41, 5.74) is -2.48. The third kappa shape index (κ3) is 3.71. The lowest BCUT2D eigenvalue weighted by Crippen LogP contribution is -2.57. The average Bonchev–Trinajstić information content (AvgIpc) is 3.16. The summed E-state index contributed by atoms with van der Waals surface area (Å²) in [6.45, 7) is 0.758. The monoisotopic (exact) mass is 397 g/mol. The lowest BCUT2D eigenvalue weighted by molar-refractivity contribution is -0.250. The smallest absolute Gasteiger partial charge is 0.426 e. The third-order valence-corrected chi connectivity index (χ3v) is 5.14. The van der Waals surface area contributed by atoms with Crippen molar-refractivity contribution >= 4 is 5.91 Å². The Labute approximate surface area is 160 Å². The quantitative estimate of drug-likeness (QED) is 0.862. The maximum atomic E-state index is 12.9. The summed E-state index contributed by atoms with van der Waals surface area (Å²) in [4.78, 5) is 17.6. The number of carbonyl (C=O) groups excluding carboxylic acids is 1. The number of rotatable bonds is 4. The number of aromatic nitrogens is 2. The molecule has 0 bridgehead atoms. The molecule has 1 aliphatic heterocycles. The summed E-state index contributed by atoms with van der Waals surface area (Å²) in [5.74, 6) is 0.211. The lowest BCUT2D eigenvalue weighted by Gasteiger charge is -2.36. The molecule has 152 valence electrons. The Balaban J connectivity index is 1.71. The number of imidazole rings is 1. The molecule has 1 aliphatic rings. The number of halogens is 3. The molecule has 1 amide bonds. The van der Waals surface area contributed by atoms with Crippen molar-refractivity contribution in [2.24, 2.45) is 0 Å². The Morgan fingerprint density at radius 3 is 2.36 bits per heavy atom. The number of nitrogens with zero attached hydrogens (tertiary/aromatic N) is 3. The highest BCUT2D eigenvalue weighted by Gasteiger charge is 2.57. The van der Waals surface area contributed by atoms with Crippen molar-refractivity contribution in [2.75, 3.05) is 20.2 Å². The number of benzene rings is 1. The van der Waals surface area contributed by atoms with Crippen LogP contribution in [0.3, 0.4) is 0 Å². The van der Waals surface area contributed by atoms with E-state index in [0.717, 1.165) is 22.2 Å². The number of amides is 1. The molecule has 0 unspecified atom stereocenters. The van der Waals surface area contributed by atoms with Crippen LogP contribution in [0.2, 0.25) is 0 Å². The Morgan fingerprint density at radius 1 is 1.21 bits per heavy atom. The second kappa shape index (κ2) is 7.46. The third-order valence-electron chi connectivity index (χ3n) is 5.14. The maximum Gasteiger partial charge on any atom is 0.426 e. The van der Waals surface area contributed by atoms with Crippen LogP contribution >= 0.6 is 0 Å². The molecule has 1 fully saturated rings. The Hall–Kier alpha value is -2.55. The highest BCUT2D eigenvalue weighted by molar-refractivity contribution is 5.85. The summed E-state index contributed by atoms with van der Waals surface area (Å²) in [5, 5.41) is 9.61. The molecule has 2 heterocycles. The molecule has 1 saturated heterocycles. The SMILES string of the molecule is COc1ccc(-n2ccnc2C2CCN(C(=O)[C@@](C)(O)C(F)(F)F)CC2)cc1. The van der Waals surface area contributed by atoms with Gasteiger partial charge in [0.1, 0.15) is 11.6 Å². The second-order valence-corrected chi connectivity index (χ2v) is 6.99. The fourth-order valence-corrected chi connectivity index (χ4v) is 3.35. The summed E-state index contributed by atoms with van der Waals surface area (Å²) in [7, 11) is 1.59. The zero-order valence-electron chi connectivity index (χ0n) is 15.6. The predicted octanol–water partition coefficient (Wildman–Crippen LogP) is 2.90. The van der Waals surface area contributed by atoms with Gasteiger partial charge in [-0.2, -0.15) is 13.2 Å². The number of methoxy groups -OCH3 is 1. The van der Waals surface area contributed by atoms with Gasteiger partial charge in [-0.25, -0.2) is 4.98 Å². The van der Waals surface area contributed by atoms with Crippen molar-refractivity contribution in [3.63, 3.8) is 0 Å². The van der Waals surface area contributed by atoms with Crippen LogP contribution in [0, 0.1) is 0 Å². The topological polar surface area (TPSA) is 67.6 Å². The molecule has 0 radical (unpaired) electrons. The Bertz CT molecular complexity index is 823. The van der Waals surface area contributed by atoms with Crippen molar-refractivity contribution in [1.29, 1.82) is 0 Å². The van der Waals surface area contributed by atoms with Crippen LogP contribution in [0.4, 0.5) is 13.2 Å². The van der Waals surface area contributed by atoms with Crippen LogP contribution in [0.25, 0.3) is 5.69 Å². The number of aliphatic hydroxyl groups is 1. The number of alkyl halides is 3. The molecule has 28 heavy (non-hydrogen) atoms. The largest absolute Gasteiger partial charge is 0.497 e. The van der Waals surface area contributed by atoms with Crippen molar-refractivity contribution in [2.45, 2.75) is 37.5 Å². The van der Waals surface area contributed by atoms with Crippen molar-refractivity contribution in [1.82, 2.24) is 14.5 Å². The number of piperidine rings is 1. The first-order valence-corrected chi connectivity index (χ1v) is 8.91. The van der Waals surface area contributed by atoms with Gasteiger partial charge in [0, 0.05) is 37.1 Å². The summed E-state index contributed by atoms with van der Waals surface area (Å²) in [6, 6.07) is 7.45. The fraction of sp³-hybridized carbons (Fsp3) is 0.474. The van der Waals surface area contributed by atoms with Crippen LogP contribution in [0.5, 0.6) is 5.75 Å². The first-order valence-electron chi connectivity index (χ1n) is 8.91. The van der Waals surface area contributed by atoms with Crippen LogP contribution in [-0.2, 0) is 4.79 Å². The predicted molar refractivity (Wildman–Crippen MR) is 95.3 cm³/mol. The molecular formula is C19H22F3N3O3. The van der Waals surface area contributed by atoms with Crippen LogP contribution in [0.1, 0.15) is 31.5 Å². The molecule has 1 atom stereocenters. The fourth-order valence-electron chi connectivity index (χ4n) is 3.35. The molecule has 0 aliphatic carbocycles. The van der Waals surface area contributed by atoms with E-state index in [4.69, 9.17) is 4.74 Å². The van der Waals surface area contributed by atoms with Gasteiger partial charge in [0.05, 0.1) is 7.11 Å². The molecule has 3 rings (SSSR count). The average molecular weight is 397 g/mol. The molecule has 1 aromatic heterocycles. The van der Waals surface area contributed by atoms with E-state index in [0.29, 0.717) is 19.8 Å². The van der Waals surface area contributed by atoms with Gasteiger partial charge < -0.3 is 19.3 Å². The minimum Gasteiger partial charge on any atom is -0.497 e. The minimum absolute atomic E-state index is 0.00279. The van der Waals surface area contributed by atoms with Gasteiger partial charge in [0.2, 0.25) is 5.60 Å². The van der Waals surface area contributed by atoms with E-state index >= 15 is 0 Å². The first-order chi connectivity index (χ1) is 13.1. The number of likely N-dealkylation sites (tertiary alicyclic amines) is 1. The Kier molecular flexibility index (Phi) is 5.38. The van der Waals surface area contributed by atoms with Gasteiger partial charge in [-0.15, -0.1) is 0 Å². The summed E-state index contributed by atoms with van der Waals surface area (Å²) < 4.78 is 45.8. The highest BCUT2D eigenvalue weighted by Crippen LogP contribution is 2.34. The van der Waals surface area contributed by atoms with Crippen molar-refractivity contribution < 1.29 is 27.8 Å². The van der Waals surface area contributed by atoms with Crippen molar-refractivity contribution in [3.8, 4) is 11.4 Å². The standard InChI is InChI=1S/C19H22F3N3O3/c1-18(27,19(20,21)22)17(26)24-10-7-13(8-11-24)16-23-9-12-25(16)14-3-5-15(28-2)6-4-14/h3-6,9,12-13,27H,7-8,10-11H2,1-2H3/t18-/m1/s1. The minimum atomic E-state index is -5.01. The molecule has 0 saturated carbocycles. The van der Waals surface area contributed by atoms with E-state index in [1.807, 2.05) is 35.0 Å². The van der Waals surface area contributed by atoms with Crippen LogP contribution in [0.15, 0.2) is 36.7 Å². The molecule has 6 nitrogen and oxygen atoms in total. The normalized spacial score (nSPS) is 18.0. The first kappa shape index (κ1) is 20.2. The second-order valence-electron chi connectivity index (χ2n) is 6.99. The molecular weight excluding hydrogens is 375 g/mol. The summed E-state index contributed by atoms with van der Waals surface area (Å²) >= 11 is 0. The van der Waals surface area contributed by atoms with Crippen LogP contribution in [-0.4, -0.2) is 57.4 Å². The van der Waals surface area contributed by atoms with E-state index in [-0.39, 0.29) is 19.0 Å². The molecule has 1 aromatic carbocycles. The molecule has 1 N–H and O–H groups in total. The van der Waals surface area contributed by atoms with E-state index in [2.05, 4.69) is 4.98 Å². The van der Waals surface area contributed by atoms with E-state index < -0.39 is 17.7 Å². The van der Waals surface area contributed by atoms with Crippen LogP contribution < -0.4 is 4.74 Å². The van der Waals surface area contributed by atoms with Gasteiger partial charge in [-0.1, -0.05) is 0 Å². The number of hydrogen-bond donors (Lipinski definition) is 1. The number of carbonyl (C=O) groups is 1. The van der Waals surface area contributed by atoms with Gasteiger partial charge in [0.25, 0.3) is 5.91 Å². The molecule has 2 aromatic rings. The lowest BCUT2D eigenvalue weighted by atomic mass is 9.94. The maximum absolute atomic E-state index is 12.9. The van der Waals surface area contributed by atoms with Gasteiger partial charge in [-0.3, -0.25) is 4.79 Å². The van der Waals surface area contributed by atoms with Crippen molar-refractivity contribution in [3.05, 3.63) is 42.5 Å². The molecule has 9 heteroatoms. The molecule has 0 spiro atoms. The van der Waals surface area contributed by atoms with Gasteiger partial charge in [-0.05, 0) is 44.0 Å². The zero-order chi connectivity index (χ0) is 20.5. The van der Waals surface area contributed by atoms with E-state index in [1.54, 1.807) is 13.3 Å². The zero-order valence-corrected chi connectivity index (χ0v) is 15.6.